The van der Waals surface area contributed by atoms with E-state index in [1.165, 1.54) is 29.9 Å². The van der Waals surface area contributed by atoms with Crippen LogP contribution in [-0.2, 0) is 11.3 Å². The highest BCUT2D eigenvalue weighted by molar-refractivity contribution is 5.79. The molecule has 1 aromatic carbocycles. The van der Waals surface area contributed by atoms with E-state index in [1.54, 1.807) is 12.2 Å². The Bertz CT molecular complexity index is 958. The third-order valence-corrected chi connectivity index (χ3v) is 4.52. The van der Waals surface area contributed by atoms with Crippen LogP contribution in [0.2, 0.25) is 0 Å². The Labute approximate surface area is 157 Å². The van der Waals surface area contributed by atoms with E-state index in [4.69, 9.17) is 4.74 Å². The maximum absolute atomic E-state index is 13.7. The Balaban J connectivity index is 2.22. The second-order valence-corrected chi connectivity index (χ2v) is 6.27. The molecule has 3 rings (SSSR count). The van der Waals surface area contributed by atoms with Crippen molar-refractivity contribution in [2.24, 2.45) is 0 Å². The van der Waals surface area contributed by atoms with E-state index in [0.29, 0.717) is 29.3 Å². The maximum atomic E-state index is 13.7. The third kappa shape index (κ3) is 3.99. The summed E-state index contributed by atoms with van der Waals surface area (Å²) in [6, 6.07) is 4.04. The summed E-state index contributed by atoms with van der Waals surface area (Å²) in [6.07, 6.45) is 3.19. The van der Waals surface area contributed by atoms with Gasteiger partial charge in [-0.3, -0.25) is 14.3 Å². The van der Waals surface area contributed by atoms with E-state index in [9.17, 15) is 9.18 Å². The van der Waals surface area contributed by atoms with Crippen molar-refractivity contribution in [2.45, 2.75) is 6.54 Å². The lowest BCUT2D eigenvalue weighted by Crippen LogP contribution is -2.44. The first kappa shape index (κ1) is 19.0. The number of halogens is 1. The van der Waals surface area contributed by atoms with Crippen molar-refractivity contribution in [3.8, 4) is 0 Å². The molecule has 1 fully saturated rings. The summed E-state index contributed by atoms with van der Waals surface area (Å²) in [5, 5.41) is 3.51. The minimum absolute atomic E-state index is 0.206. The molecular weight excluding hydrogens is 347 g/mol. The van der Waals surface area contributed by atoms with Crippen molar-refractivity contribution >= 4 is 16.6 Å². The number of piperazine rings is 1. The molecule has 6 nitrogen and oxygen atoms in total. The smallest absolute Gasteiger partial charge is 0.266 e. The van der Waals surface area contributed by atoms with Crippen LogP contribution in [0, 0.1) is 5.82 Å². The van der Waals surface area contributed by atoms with Crippen molar-refractivity contribution < 1.29 is 9.13 Å². The molecule has 2 heterocycles. The van der Waals surface area contributed by atoms with Gasteiger partial charge in [0.15, 0.2) is 0 Å². The van der Waals surface area contributed by atoms with Crippen LogP contribution in [0.4, 0.5) is 4.39 Å². The Hall–Kier alpha value is -2.77. The third-order valence-electron chi connectivity index (χ3n) is 4.52. The number of allylic oxidation sites excluding steroid dienone is 3. The molecule has 0 amide bonds. The van der Waals surface area contributed by atoms with Gasteiger partial charge < -0.3 is 10.1 Å². The lowest BCUT2D eigenvalue weighted by molar-refractivity contribution is 0.226. The molecule has 1 aliphatic rings. The summed E-state index contributed by atoms with van der Waals surface area (Å²) in [6.45, 7) is 11.5. The molecule has 1 aliphatic heterocycles. The van der Waals surface area contributed by atoms with Gasteiger partial charge >= 0.3 is 0 Å². The average molecular weight is 370 g/mol. The standard InChI is InChI=1S/C20H23FN4O2/c1-4-5-18(14(2)27-3)25-19(13-24-10-8-22-9-11-24)23-17-7-6-15(21)12-16(17)20(25)26/h4-7,12,22H,1-2,8-11,13H2,3H3/b18-5+. The zero-order chi connectivity index (χ0) is 19.4. The van der Waals surface area contributed by atoms with Crippen LogP contribution in [0.5, 0.6) is 0 Å². The van der Waals surface area contributed by atoms with E-state index in [0.717, 1.165) is 26.2 Å². The Morgan fingerprint density at radius 3 is 2.81 bits per heavy atom. The van der Waals surface area contributed by atoms with Gasteiger partial charge in [-0.05, 0) is 24.3 Å². The predicted molar refractivity (Wildman–Crippen MR) is 105 cm³/mol. The number of hydrogen-bond acceptors (Lipinski definition) is 5. The highest BCUT2D eigenvalue weighted by Gasteiger charge is 2.20. The van der Waals surface area contributed by atoms with Crippen molar-refractivity contribution in [1.82, 2.24) is 19.8 Å². The monoisotopic (exact) mass is 370 g/mol. The van der Waals surface area contributed by atoms with Crippen LogP contribution < -0.4 is 10.9 Å². The zero-order valence-electron chi connectivity index (χ0n) is 15.4. The number of ether oxygens (including phenoxy) is 1. The number of nitrogens with one attached hydrogen (secondary N) is 1. The van der Waals surface area contributed by atoms with Crippen LogP contribution in [0.3, 0.4) is 0 Å². The van der Waals surface area contributed by atoms with Crippen LogP contribution in [-0.4, -0.2) is 47.7 Å². The zero-order valence-corrected chi connectivity index (χ0v) is 15.4. The number of rotatable bonds is 6. The van der Waals surface area contributed by atoms with Gasteiger partial charge in [-0.15, -0.1) is 0 Å². The fraction of sp³-hybridized carbons (Fsp3) is 0.300. The summed E-state index contributed by atoms with van der Waals surface area (Å²) < 4.78 is 20.4. The molecule has 0 unspecified atom stereocenters. The highest BCUT2D eigenvalue weighted by Crippen LogP contribution is 2.19. The second-order valence-electron chi connectivity index (χ2n) is 6.27. The first-order chi connectivity index (χ1) is 13.0. The first-order valence-corrected chi connectivity index (χ1v) is 8.75. The van der Waals surface area contributed by atoms with Gasteiger partial charge in [0, 0.05) is 26.2 Å². The minimum Gasteiger partial charge on any atom is -0.495 e. The van der Waals surface area contributed by atoms with Crippen LogP contribution in [0.25, 0.3) is 16.6 Å². The van der Waals surface area contributed by atoms with Crippen LogP contribution in [0.15, 0.2) is 54.1 Å². The summed E-state index contributed by atoms with van der Waals surface area (Å²) in [4.78, 5) is 20.1. The largest absolute Gasteiger partial charge is 0.495 e. The normalized spacial score (nSPS) is 15.7. The van der Waals surface area contributed by atoms with Crippen LogP contribution >= 0.6 is 0 Å². The van der Waals surface area contributed by atoms with Gasteiger partial charge in [0.1, 0.15) is 17.4 Å². The summed E-state index contributed by atoms with van der Waals surface area (Å²) >= 11 is 0. The molecule has 142 valence electrons. The van der Waals surface area contributed by atoms with E-state index in [2.05, 4.69) is 28.4 Å². The van der Waals surface area contributed by atoms with E-state index in [1.807, 2.05) is 0 Å². The van der Waals surface area contributed by atoms with Gasteiger partial charge in [0.2, 0.25) is 0 Å². The topological polar surface area (TPSA) is 59.4 Å². The summed E-state index contributed by atoms with van der Waals surface area (Å²) in [7, 11) is 1.48. The lowest BCUT2D eigenvalue weighted by Gasteiger charge is -2.28. The summed E-state index contributed by atoms with van der Waals surface area (Å²) in [5.74, 6) is 0.367. The van der Waals surface area contributed by atoms with Crippen molar-refractivity contribution in [1.29, 1.82) is 0 Å². The van der Waals surface area contributed by atoms with Crippen LogP contribution in [0.1, 0.15) is 5.82 Å². The molecule has 7 heteroatoms. The molecule has 0 spiro atoms. The molecule has 2 aromatic rings. The highest BCUT2D eigenvalue weighted by atomic mass is 19.1. The fourth-order valence-corrected chi connectivity index (χ4v) is 3.14. The number of benzene rings is 1. The molecule has 1 saturated heterocycles. The van der Waals surface area contributed by atoms with Gasteiger partial charge in [0.25, 0.3) is 5.56 Å². The van der Waals surface area contributed by atoms with Crippen molar-refractivity contribution in [3.05, 3.63) is 71.3 Å². The van der Waals surface area contributed by atoms with Gasteiger partial charge in [-0.25, -0.2) is 9.37 Å². The molecule has 27 heavy (non-hydrogen) atoms. The number of nitrogens with zero attached hydrogens (tertiary/aromatic N) is 3. The first-order valence-electron chi connectivity index (χ1n) is 8.75. The minimum atomic E-state index is -0.484. The second kappa shape index (κ2) is 8.28. The molecule has 0 bridgehead atoms. The van der Waals surface area contributed by atoms with Gasteiger partial charge in [0.05, 0.1) is 30.3 Å². The maximum Gasteiger partial charge on any atom is 0.266 e. The Morgan fingerprint density at radius 2 is 2.15 bits per heavy atom. The number of aromatic nitrogens is 2. The van der Waals surface area contributed by atoms with Crippen molar-refractivity contribution in [3.63, 3.8) is 0 Å². The summed E-state index contributed by atoms with van der Waals surface area (Å²) in [5.41, 5.74) is 0.529. The number of fused-ring (bicyclic) bond motifs is 1. The van der Waals surface area contributed by atoms with Gasteiger partial charge in [-0.2, -0.15) is 0 Å². The molecule has 0 saturated carbocycles. The van der Waals surface area contributed by atoms with E-state index >= 15 is 0 Å². The number of hydrogen-bond donors (Lipinski definition) is 1. The molecule has 0 radical (unpaired) electrons. The predicted octanol–water partition coefficient (Wildman–Crippen LogP) is 2.13. The number of methoxy groups -OCH3 is 1. The molecule has 1 aromatic heterocycles. The average Bonchev–Trinajstić information content (AvgIpc) is 2.68. The fourth-order valence-electron chi connectivity index (χ4n) is 3.14. The van der Waals surface area contributed by atoms with Gasteiger partial charge in [-0.1, -0.05) is 19.2 Å². The Morgan fingerprint density at radius 1 is 1.41 bits per heavy atom. The molecule has 0 aliphatic carbocycles. The van der Waals surface area contributed by atoms with Crippen molar-refractivity contribution in [2.75, 3.05) is 33.3 Å². The molecule has 1 N–H and O–H groups in total. The quantitative estimate of drug-likeness (QED) is 0.624. The molecular formula is C20H23FN4O2. The Kier molecular flexibility index (Phi) is 5.83. The van der Waals surface area contributed by atoms with E-state index in [-0.39, 0.29) is 10.9 Å². The molecule has 0 atom stereocenters. The lowest BCUT2D eigenvalue weighted by atomic mass is 10.2. The van der Waals surface area contributed by atoms with E-state index < -0.39 is 5.82 Å². The SMILES string of the molecule is C=C/C=C(\C(=C)OC)n1c(CN2CCNCC2)nc2ccc(F)cc2c1=O.